The molecule has 1 aliphatic rings. The SMILES string of the molecule is O=C(c1ccc(Br)o1)N1CCN(c2ccc(-c3noc(C(F)(F)F)n3)cn2)CC1. The molecule has 12 heteroatoms. The summed E-state index contributed by atoms with van der Waals surface area (Å²) in [5.74, 6) is -0.860. The van der Waals surface area contributed by atoms with Crippen molar-refractivity contribution in [2.75, 3.05) is 31.1 Å². The molecule has 1 aliphatic heterocycles. The summed E-state index contributed by atoms with van der Waals surface area (Å²) in [7, 11) is 0. The molecule has 152 valence electrons. The van der Waals surface area contributed by atoms with Gasteiger partial charge in [-0.15, -0.1) is 0 Å². The van der Waals surface area contributed by atoms with Gasteiger partial charge in [0.2, 0.25) is 5.82 Å². The fraction of sp³-hybridized carbons (Fsp3) is 0.294. The zero-order chi connectivity index (χ0) is 20.6. The summed E-state index contributed by atoms with van der Waals surface area (Å²) in [5.41, 5.74) is 0.310. The van der Waals surface area contributed by atoms with Crippen LogP contribution >= 0.6 is 15.9 Å². The highest BCUT2D eigenvalue weighted by molar-refractivity contribution is 9.10. The van der Waals surface area contributed by atoms with Crippen LogP contribution < -0.4 is 4.90 Å². The summed E-state index contributed by atoms with van der Waals surface area (Å²) in [6, 6.07) is 6.52. The number of anilines is 1. The molecule has 0 aliphatic carbocycles. The predicted octanol–water partition coefficient (Wildman–Crippen LogP) is 3.47. The Bertz CT molecular complexity index is 1010. The Kier molecular flexibility index (Phi) is 5.03. The van der Waals surface area contributed by atoms with E-state index in [-0.39, 0.29) is 17.5 Å². The molecule has 0 atom stereocenters. The van der Waals surface area contributed by atoms with E-state index in [4.69, 9.17) is 4.42 Å². The lowest BCUT2D eigenvalue weighted by Gasteiger charge is -2.35. The second-order valence-electron chi connectivity index (χ2n) is 6.21. The van der Waals surface area contributed by atoms with Gasteiger partial charge in [-0.1, -0.05) is 5.16 Å². The Labute approximate surface area is 170 Å². The number of alkyl halides is 3. The summed E-state index contributed by atoms with van der Waals surface area (Å²) < 4.78 is 47.7. The lowest BCUT2D eigenvalue weighted by Crippen LogP contribution is -2.49. The van der Waals surface area contributed by atoms with Gasteiger partial charge in [0.25, 0.3) is 5.91 Å². The molecule has 0 saturated carbocycles. The number of piperazine rings is 1. The third-order valence-corrected chi connectivity index (χ3v) is 4.78. The number of furan rings is 1. The van der Waals surface area contributed by atoms with Crippen LogP contribution in [-0.4, -0.2) is 52.1 Å². The lowest BCUT2D eigenvalue weighted by molar-refractivity contribution is -0.159. The highest BCUT2D eigenvalue weighted by Crippen LogP contribution is 2.29. The fourth-order valence-corrected chi connectivity index (χ4v) is 3.19. The average molecular weight is 472 g/mol. The molecule has 29 heavy (non-hydrogen) atoms. The number of pyridine rings is 1. The standard InChI is InChI=1S/C17H13BrF3N5O3/c18-12-3-2-11(28-12)15(27)26-7-5-25(6-8-26)13-4-1-10(9-22-13)14-23-16(29-24-14)17(19,20)21/h1-4,9H,5-8H2. The molecule has 0 N–H and O–H groups in total. The predicted molar refractivity (Wildman–Crippen MR) is 97.1 cm³/mol. The van der Waals surface area contributed by atoms with Crippen LogP contribution in [0.5, 0.6) is 0 Å². The van der Waals surface area contributed by atoms with Gasteiger partial charge < -0.3 is 18.7 Å². The van der Waals surface area contributed by atoms with Crippen LogP contribution in [0.3, 0.4) is 0 Å². The van der Waals surface area contributed by atoms with Crippen molar-refractivity contribution in [3.8, 4) is 11.4 Å². The van der Waals surface area contributed by atoms with Crippen molar-refractivity contribution < 1.29 is 26.9 Å². The number of carbonyl (C=O) groups is 1. The van der Waals surface area contributed by atoms with Crippen LogP contribution in [0.4, 0.5) is 19.0 Å². The maximum absolute atomic E-state index is 12.6. The molecule has 3 aromatic heterocycles. The number of aromatic nitrogens is 3. The van der Waals surface area contributed by atoms with Crippen molar-refractivity contribution in [2.24, 2.45) is 0 Å². The number of nitrogens with zero attached hydrogens (tertiary/aromatic N) is 5. The summed E-state index contributed by atoms with van der Waals surface area (Å²) >= 11 is 3.17. The summed E-state index contributed by atoms with van der Waals surface area (Å²) in [6.07, 6.45) is -3.31. The maximum Gasteiger partial charge on any atom is 0.471 e. The number of amides is 1. The van der Waals surface area contributed by atoms with Gasteiger partial charge in [0, 0.05) is 37.9 Å². The van der Waals surface area contributed by atoms with Gasteiger partial charge in [0.1, 0.15) is 5.82 Å². The van der Waals surface area contributed by atoms with E-state index in [1.54, 1.807) is 29.2 Å². The molecule has 8 nitrogen and oxygen atoms in total. The van der Waals surface area contributed by atoms with E-state index < -0.39 is 12.1 Å². The average Bonchev–Trinajstić information content (AvgIpc) is 3.37. The van der Waals surface area contributed by atoms with Crippen molar-refractivity contribution >= 4 is 27.7 Å². The normalized spacial score (nSPS) is 15.0. The smallest absolute Gasteiger partial charge is 0.444 e. The largest absolute Gasteiger partial charge is 0.471 e. The first-order chi connectivity index (χ1) is 13.8. The van der Waals surface area contributed by atoms with Crippen LogP contribution in [0.25, 0.3) is 11.4 Å². The van der Waals surface area contributed by atoms with Crippen molar-refractivity contribution in [3.63, 3.8) is 0 Å². The first kappa shape index (κ1) is 19.4. The van der Waals surface area contributed by atoms with Gasteiger partial charge in [-0.25, -0.2) is 4.98 Å². The molecule has 4 heterocycles. The molecule has 0 aromatic carbocycles. The number of halogens is 4. The Morgan fingerprint density at radius 1 is 1.10 bits per heavy atom. The van der Waals surface area contributed by atoms with E-state index in [0.717, 1.165) is 0 Å². The second kappa shape index (κ2) is 7.50. The quantitative estimate of drug-likeness (QED) is 0.577. The minimum atomic E-state index is -4.69. The first-order valence-electron chi connectivity index (χ1n) is 8.48. The van der Waals surface area contributed by atoms with E-state index in [0.29, 0.717) is 42.2 Å². The Balaban J connectivity index is 1.39. The van der Waals surface area contributed by atoms with Gasteiger partial charge in [0.15, 0.2) is 10.4 Å². The minimum absolute atomic E-state index is 0.184. The van der Waals surface area contributed by atoms with Gasteiger partial charge in [-0.3, -0.25) is 4.79 Å². The monoisotopic (exact) mass is 471 g/mol. The van der Waals surface area contributed by atoms with Gasteiger partial charge in [-0.2, -0.15) is 18.2 Å². The summed E-state index contributed by atoms with van der Waals surface area (Å²) in [4.78, 5) is 23.7. The second-order valence-corrected chi connectivity index (χ2v) is 6.99. The highest BCUT2D eigenvalue weighted by Gasteiger charge is 2.38. The number of hydrogen-bond acceptors (Lipinski definition) is 7. The molecule has 3 aromatic rings. The van der Waals surface area contributed by atoms with Crippen LogP contribution in [0.1, 0.15) is 16.4 Å². The molecule has 0 unspecified atom stereocenters. The Morgan fingerprint density at radius 2 is 1.86 bits per heavy atom. The Hall–Kier alpha value is -2.89. The van der Waals surface area contributed by atoms with Crippen molar-refractivity contribution in [2.45, 2.75) is 6.18 Å². The fourth-order valence-electron chi connectivity index (χ4n) is 2.88. The molecule has 4 rings (SSSR count). The molecule has 0 radical (unpaired) electrons. The maximum atomic E-state index is 12.6. The summed E-state index contributed by atoms with van der Waals surface area (Å²) in [6.45, 7) is 2.08. The third kappa shape index (κ3) is 4.11. The number of rotatable bonds is 3. The highest BCUT2D eigenvalue weighted by atomic mass is 79.9. The van der Waals surface area contributed by atoms with Gasteiger partial charge in [0.05, 0.1) is 0 Å². The zero-order valence-electron chi connectivity index (χ0n) is 14.7. The first-order valence-corrected chi connectivity index (χ1v) is 9.27. The molecule has 1 fully saturated rings. The van der Waals surface area contributed by atoms with E-state index in [2.05, 4.69) is 35.6 Å². The van der Waals surface area contributed by atoms with Crippen molar-refractivity contribution in [1.29, 1.82) is 0 Å². The molecular weight excluding hydrogens is 459 g/mol. The van der Waals surface area contributed by atoms with E-state index in [9.17, 15) is 18.0 Å². The number of carbonyl (C=O) groups excluding carboxylic acids is 1. The van der Waals surface area contributed by atoms with Gasteiger partial charge >= 0.3 is 12.1 Å². The van der Waals surface area contributed by atoms with Crippen molar-refractivity contribution in [3.05, 3.63) is 46.8 Å². The van der Waals surface area contributed by atoms with E-state index in [1.807, 2.05) is 4.90 Å². The van der Waals surface area contributed by atoms with E-state index >= 15 is 0 Å². The molecular formula is C17H13BrF3N5O3. The van der Waals surface area contributed by atoms with Crippen LogP contribution in [-0.2, 0) is 6.18 Å². The minimum Gasteiger partial charge on any atom is -0.444 e. The van der Waals surface area contributed by atoms with Gasteiger partial charge in [-0.05, 0) is 40.2 Å². The molecule has 1 saturated heterocycles. The van der Waals surface area contributed by atoms with Crippen LogP contribution in [0.15, 0.2) is 44.1 Å². The van der Waals surface area contributed by atoms with Crippen LogP contribution in [0.2, 0.25) is 0 Å². The topological polar surface area (TPSA) is 88.5 Å². The zero-order valence-corrected chi connectivity index (χ0v) is 16.3. The lowest BCUT2D eigenvalue weighted by atomic mass is 10.2. The van der Waals surface area contributed by atoms with Crippen molar-refractivity contribution in [1.82, 2.24) is 20.0 Å². The molecule has 0 spiro atoms. The summed E-state index contributed by atoms with van der Waals surface area (Å²) in [5, 5.41) is 3.34. The van der Waals surface area contributed by atoms with Crippen LogP contribution in [0, 0.1) is 0 Å². The number of hydrogen-bond donors (Lipinski definition) is 0. The third-order valence-electron chi connectivity index (χ3n) is 4.35. The van der Waals surface area contributed by atoms with E-state index in [1.165, 1.54) is 6.20 Å². The Morgan fingerprint density at radius 3 is 2.41 bits per heavy atom. The molecule has 1 amide bonds. The molecule has 0 bridgehead atoms.